The molecule has 14 heteroatoms. The molecule has 0 saturated heterocycles. The Labute approximate surface area is 245 Å². The average molecular weight is 612 g/mol. The lowest BCUT2D eigenvalue weighted by Gasteiger charge is -2.15. The van der Waals surface area contributed by atoms with Gasteiger partial charge in [-0.25, -0.2) is 32.3 Å². The standard InChI is InChI=1S/C29H24F3N5O5S/c1-35(2)13-17-23-26(38)37(20-8-5-9-21(42-3)24(20)32)29(41)36(14-16-18(30)6-4-7-19(16)31)27(23)43-25(17)15-10-11-22(33-12-15)34-28(39)40/h4-12H,13-14H2,1-3H3,(H,33,34)(H,39,40). The number of rotatable bonds is 8. The number of ether oxygens (including phenoxy) is 1. The summed E-state index contributed by atoms with van der Waals surface area (Å²) in [6.45, 7) is -0.409. The van der Waals surface area contributed by atoms with Gasteiger partial charge < -0.3 is 14.7 Å². The zero-order valence-electron chi connectivity index (χ0n) is 23.0. The summed E-state index contributed by atoms with van der Waals surface area (Å²) in [7, 11) is 4.76. The molecule has 0 saturated carbocycles. The van der Waals surface area contributed by atoms with Crippen LogP contribution < -0.4 is 21.3 Å². The summed E-state index contributed by atoms with van der Waals surface area (Å²) < 4.78 is 51.9. The number of amides is 1. The SMILES string of the molecule is COc1cccc(-n2c(=O)c3c(CN(C)C)c(-c4ccc(NC(=O)O)nc4)sc3n(Cc3c(F)cccc3F)c2=O)c1F. The van der Waals surface area contributed by atoms with E-state index in [0.717, 1.165) is 28.0 Å². The van der Waals surface area contributed by atoms with Gasteiger partial charge in [-0.1, -0.05) is 12.1 Å². The number of aromatic nitrogens is 3. The van der Waals surface area contributed by atoms with Crippen molar-refractivity contribution in [2.75, 3.05) is 26.5 Å². The topological polar surface area (TPSA) is 119 Å². The molecule has 3 aromatic heterocycles. The molecule has 0 atom stereocenters. The van der Waals surface area contributed by atoms with Crippen molar-refractivity contribution in [2.24, 2.45) is 0 Å². The van der Waals surface area contributed by atoms with Crippen LogP contribution in [0.15, 0.2) is 64.3 Å². The Bertz CT molecular complexity index is 1970. The van der Waals surface area contributed by atoms with Crippen molar-refractivity contribution in [3.05, 3.63) is 104 Å². The van der Waals surface area contributed by atoms with Gasteiger partial charge in [0.1, 0.15) is 22.3 Å². The van der Waals surface area contributed by atoms with Gasteiger partial charge in [-0.05, 0) is 56.1 Å². The number of benzene rings is 2. The Morgan fingerprint density at radius 2 is 1.74 bits per heavy atom. The van der Waals surface area contributed by atoms with Crippen molar-refractivity contribution in [3.63, 3.8) is 0 Å². The average Bonchev–Trinajstić information content (AvgIpc) is 3.32. The minimum absolute atomic E-state index is 0.0417. The highest BCUT2D eigenvalue weighted by Gasteiger charge is 2.26. The second kappa shape index (κ2) is 11.7. The smallest absolute Gasteiger partial charge is 0.410 e. The molecule has 0 spiro atoms. The molecule has 222 valence electrons. The summed E-state index contributed by atoms with van der Waals surface area (Å²) in [6.07, 6.45) is 0.0964. The zero-order chi connectivity index (χ0) is 31.0. The Balaban J connectivity index is 1.88. The van der Waals surface area contributed by atoms with Crippen LogP contribution in [0.3, 0.4) is 0 Å². The monoisotopic (exact) mass is 611 g/mol. The number of methoxy groups -OCH3 is 1. The van der Waals surface area contributed by atoms with Gasteiger partial charge in [0, 0.05) is 28.7 Å². The van der Waals surface area contributed by atoms with Gasteiger partial charge >= 0.3 is 11.8 Å². The van der Waals surface area contributed by atoms with Crippen molar-refractivity contribution >= 4 is 33.5 Å². The van der Waals surface area contributed by atoms with Crippen LogP contribution in [0.4, 0.5) is 23.8 Å². The van der Waals surface area contributed by atoms with Crippen molar-refractivity contribution in [1.82, 2.24) is 19.0 Å². The predicted molar refractivity (Wildman–Crippen MR) is 156 cm³/mol. The molecule has 0 bridgehead atoms. The van der Waals surface area contributed by atoms with E-state index >= 15 is 4.39 Å². The quantitative estimate of drug-likeness (QED) is 0.256. The number of fused-ring (bicyclic) bond motifs is 1. The lowest BCUT2D eigenvalue weighted by molar-refractivity contribution is 0.209. The van der Waals surface area contributed by atoms with Crippen LogP contribution in [0.25, 0.3) is 26.3 Å². The Hall–Kier alpha value is -4.95. The summed E-state index contributed by atoms with van der Waals surface area (Å²) >= 11 is 1.02. The fraction of sp³-hybridized carbons (Fsp3) is 0.172. The largest absolute Gasteiger partial charge is 0.494 e. The number of thiophene rings is 1. The minimum Gasteiger partial charge on any atom is -0.494 e. The number of pyridine rings is 1. The van der Waals surface area contributed by atoms with Crippen LogP contribution in [-0.4, -0.2) is 51.4 Å². The van der Waals surface area contributed by atoms with Crippen molar-refractivity contribution < 1.29 is 27.8 Å². The Kier molecular flexibility index (Phi) is 8.06. The maximum atomic E-state index is 15.5. The van der Waals surface area contributed by atoms with E-state index in [1.54, 1.807) is 25.1 Å². The molecule has 2 aromatic carbocycles. The maximum Gasteiger partial charge on any atom is 0.410 e. The minimum atomic E-state index is -1.30. The molecule has 43 heavy (non-hydrogen) atoms. The van der Waals surface area contributed by atoms with E-state index in [1.807, 2.05) is 0 Å². The highest BCUT2D eigenvalue weighted by molar-refractivity contribution is 7.22. The summed E-state index contributed by atoms with van der Waals surface area (Å²) in [5.74, 6) is -2.92. The van der Waals surface area contributed by atoms with Crippen LogP contribution in [0.5, 0.6) is 5.75 Å². The van der Waals surface area contributed by atoms with Gasteiger partial charge in [-0.15, -0.1) is 11.3 Å². The first-order valence-electron chi connectivity index (χ1n) is 12.7. The van der Waals surface area contributed by atoms with Gasteiger partial charge in [0.05, 0.1) is 24.7 Å². The second-order valence-electron chi connectivity index (χ2n) is 9.69. The first-order chi connectivity index (χ1) is 20.5. The molecule has 5 aromatic rings. The molecule has 0 radical (unpaired) electrons. The summed E-state index contributed by atoms with van der Waals surface area (Å²) in [5.41, 5.74) is -1.73. The van der Waals surface area contributed by atoms with Crippen LogP contribution in [-0.2, 0) is 13.1 Å². The van der Waals surface area contributed by atoms with Crippen LogP contribution in [0.1, 0.15) is 11.1 Å². The fourth-order valence-electron chi connectivity index (χ4n) is 4.70. The molecule has 5 rings (SSSR count). The van der Waals surface area contributed by atoms with Gasteiger partial charge in [-0.2, -0.15) is 0 Å². The third kappa shape index (κ3) is 5.49. The van der Waals surface area contributed by atoms with E-state index in [2.05, 4.69) is 10.3 Å². The molecule has 10 nitrogen and oxygen atoms in total. The Morgan fingerprint density at radius 1 is 1.05 bits per heavy atom. The second-order valence-corrected chi connectivity index (χ2v) is 10.7. The van der Waals surface area contributed by atoms with Gasteiger partial charge in [-0.3, -0.25) is 14.7 Å². The number of carbonyl (C=O) groups is 1. The number of carboxylic acid groups (broad SMARTS) is 1. The number of nitrogens with zero attached hydrogens (tertiary/aromatic N) is 4. The van der Waals surface area contributed by atoms with Crippen LogP contribution in [0, 0.1) is 17.5 Å². The summed E-state index contributed by atoms with van der Waals surface area (Å²) in [6, 6.07) is 10.3. The van der Waals surface area contributed by atoms with E-state index in [1.165, 1.54) is 43.6 Å². The van der Waals surface area contributed by atoms with Crippen LogP contribution in [0.2, 0.25) is 0 Å². The lowest BCUT2D eigenvalue weighted by Crippen LogP contribution is -2.39. The zero-order valence-corrected chi connectivity index (χ0v) is 23.8. The normalized spacial score (nSPS) is 11.3. The molecule has 3 heterocycles. The summed E-state index contributed by atoms with van der Waals surface area (Å²) in [5, 5.41) is 11.2. The van der Waals surface area contributed by atoms with Gasteiger partial charge in [0.25, 0.3) is 5.56 Å². The van der Waals surface area contributed by atoms with Crippen molar-refractivity contribution in [2.45, 2.75) is 13.1 Å². The number of nitrogens with one attached hydrogen (secondary N) is 1. The molecule has 0 aliphatic heterocycles. The van der Waals surface area contributed by atoms with E-state index < -0.39 is 52.6 Å². The first-order valence-corrected chi connectivity index (χ1v) is 13.5. The highest BCUT2D eigenvalue weighted by Crippen LogP contribution is 2.38. The highest BCUT2D eigenvalue weighted by atomic mass is 32.1. The Morgan fingerprint density at radius 3 is 2.35 bits per heavy atom. The lowest BCUT2D eigenvalue weighted by atomic mass is 10.1. The molecule has 2 N–H and O–H groups in total. The van der Waals surface area contributed by atoms with E-state index in [9.17, 15) is 23.2 Å². The number of hydrogen-bond donors (Lipinski definition) is 2. The first kappa shape index (κ1) is 29.5. The van der Waals surface area contributed by atoms with E-state index in [0.29, 0.717) is 20.6 Å². The number of anilines is 1. The predicted octanol–water partition coefficient (Wildman–Crippen LogP) is 4.90. The third-order valence-electron chi connectivity index (χ3n) is 6.59. The van der Waals surface area contributed by atoms with E-state index in [4.69, 9.17) is 9.84 Å². The fourth-order valence-corrected chi connectivity index (χ4v) is 5.99. The molecule has 0 aliphatic rings. The number of halogens is 3. The van der Waals surface area contributed by atoms with Gasteiger partial charge in [0.15, 0.2) is 11.6 Å². The molecule has 0 unspecified atom stereocenters. The van der Waals surface area contributed by atoms with E-state index in [-0.39, 0.29) is 28.3 Å². The number of hydrogen-bond acceptors (Lipinski definition) is 7. The van der Waals surface area contributed by atoms with Crippen molar-refractivity contribution in [1.29, 1.82) is 0 Å². The third-order valence-corrected chi connectivity index (χ3v) is 7.89. The van der Waals surface area contributed by atoms with Crippen molar-refractivity contribution in [3.8, 4) is 21.9 Å². The molecule has 0 aliphatic carbocycles. The maximum absolute atomic E-state index is 15.5. The van der Waals surface area contributed by atoms with Crippen LogP contribution >= 0.6 is 11.3 Å². The molecular formula is C29H24F3N5O5S. The molecule has 0 fully saturated rings. The molecule has 1 amide bonds. The van der Waals surface area contributed by atoms with Gasteiger partial charge in [0.2, 0.25) is 0 Å². The molecular weight excluding hydrogens is 587 g/mol. The summed E-state index contributed by atoms with van der Waals surface area (Å²) in [4.78, 5) is 45.7.